The molecule has 5 amide bonds. The molecule has 0 aliphatic heterocycles. The summed E-state index contributed by atoms with van der Waals surface area (Å²) in [5.41, 5.74) is -3.34. The third kappa shape index (κ3) is 13.0. The van der Waals surface area contributed by atoms with Crippen molar-refractivity contribution >= 4 is 58.1 Å². The van der Waals surface area contributed by atoms with E-state index in [4.69, 9.17) is 4.42 Å². The van der Waals surface area contributed by atoms with Crippen LogP contribution >= 0.6 is 0 Å². The van der Waals surface area contributed by atoms with E-state index in [9.17, 15) is 61.7 Å². The number of nitrogens with one attached hydrogen (secondary N) is 5. The summed E-state index contributed by atoms with van der Waals surface area (Å²) in [6.45, 7) is 7.75. The maximum atomic E-state index is 13.4. The van der Waals surface area contributed by atoms with Gasteiger partial charge in [-0.05, 0) is 36.8 Å². The lowest BCUT2D eigenvalue weighted by molar-refractivity contribution is -0.141. The minimum atomic E-state index is -4.90. The number of aliphatic carboxylic acids is 2. The van der Waals surface area contributed by atoms with Crippen LogP contribution in [0.5, 0.6) is 0 Å². The fourth-order valence-electron chi connectivity index (χ4n) is 4.90. The summed E-state index contributed by atoms with van der Waals surface area (Å²) >= 11 is 0. The molecule has 2 rings (SSSR count). The van der Waals surface area contributed by atoms with Gasteiger partial charge in [0.15, 0.2) is 0 Å². The highest BCUT2D eigenvalue weighted by Gasteiger charge is 2.35. The molecule has 1 aromatic carbocycles. The van der Waals surface area contributed by atoms with Gasteiger partial charge in [-0.3, -0.25) is 33.6 Å². The largest absolute Gasteiger partial charge is 0.481 e. The van der Waals surface area contributed by atoms with Crippen molar-refractivity contribution in [1.29, 1.82) is 0 Å². The second kappa shape index (κ2) is 18.0. The molecule has 0 saturated carbocycles. The second-order valence-corrected chi connectivity index (χ2v) is 12.4. The molecule has 0 fully saturated rings. The zero-order valence-corrected chi connectivity index (χ0v) is 28.3. The Hall–Kier alpha value is -5.49. The van der Waals surface area contributed by atoms with E-state index >= 15 is 0 Å². The molecular formula is C32H40F3N5O11. The van der Waals surface area contributed by atoms with Crippen LogP contribution in [0.4, 0.5) is 18.9 Å². The van der Waals surface area contributed by atoms with Crippen molar-refractivity contribution in [2.24, 2.45) is 11.8 Å². The molecule has 0 saturated heterocycles. The summed E-state index contributed by atoms with van der Waals surface area (Å²) < 4.78 is 45.1. The van der Waals surface area contributed by atoms with Gasteiger partial charge in [-0.15, -0.1) is 0 Å². The lowest BCUT2D eigenvalue weighted by Gasteiger charge is -2.28. The first-order chi connectivity index (χ1) is 23.6. The van der Waals surface area contributed by atoms with Gasteiger partial charge in [0.25, 0.3) is 0 Å². The maximum Gasteiger partial charge on any atom is 0.417 e. The summed E-state index contributed by atoms with van der Waals surface area (Å²) in [6.07, 6.45) is -6.67. The number of rotatable bonds is 17. The number of hydrogen-bond acceptors (Lipinski definition) is 9. The lowest BCUT2D eigenvalue weighted by Crippen LogP contribution is -2.59. The van der Waals surface area contributed by atoms with Crippen LogP contribution in [0.3, 0.4) is 0 Å². The van der Waals surface area contributed by atoms with Crippen LogP contribution in [0.1, 0.15) is 65.9 Å². The van der Waals surface area contributed by atoms with Crippen molar-refractivity contribution in [3.63, 3.8) is 0 Å². The SMILES string of the molecule is CC(=O)NC(CC(C)C)C(=O)NC(CCC(=O)O)C(=O)NC(C(=O)NC(CC(=O)O)C(=O)Nc1ccc2c(C(F)(F)F)cc(=O)oc2c1)C(C)C. The van der Waals surface area contributed by atoms with Gasteiger partial charge >= 0.3 is 23.7 Å². The first kappa shape index (κ1) is 41.7. The van der Waals surface area contributed by atoms with Gasteiger partial charge in [-0.1, -0.05) is 27.7 Å². The first-order valence-electron chi connectivity index (χ1n) is 15.7. The van der Waals surface area contributed by atoms with Crippen molar-refractivity contribution in [1.82, 2.24) is 21.3 Å². The Kier molecular flexibility index (Phi) is 14.7. The van der Waals surface area contributed by atoms with Gasteiger partial charge in [-0.25, -0.2) is 4.79 Å². The molecule has 0 radical (unpaired) electrons. The average molecular weight is 728 g/mol. The summed E-state index contributed by atoms with van der Waals surface area (Å²) in [6, 6.07) is -2.67. The molecule has 19 heteroatoms. The standard InChI is InChI=1S/C32H40F3N5O11/c1-14(2)10-21(36-16(5)41)30(49)38-20(8-9-24(42)43)28(47)40-27(15(3)4)31(50)39-22(13-25(44)45)29(48)37-17-6-7-18-19(32(33,34)35)12-26(46)51-23(18)11-17/h6-7,11-12,14-15,20-22,27H,8-10,13H2,1-5H3,(H,36,41)(H,37,48)(H,38,49)(H,39,50)(H,40,47)(H,42,43)(H,44,45). The number of carbonyl (C=O) groups is 7. The van der Waals surface area contributed by atoms with E-state index in [0.29, 0.717) is 0 Å². The minimum Gasteiger partial charge on any atom is -0.481 e. The Morgan fingerprint density at radius 3 is 1.92 bits per heavy atom. The Balaban J connectivity index is 2.31. The number of hydrogen-bond donors (Lipinski definition) is 7. The number of halogens is 3. The van der Waals surface area contributed by atoms with Gasteiger partial charge in [0, 0.05) is 36.6 Å². The number of carboxylic acids is 2. The van der Waals surface area contributed by atoms with E-state index in [1.165, 1.54) is 20.8 Å². The summed E-state index contributed by atoms with van der Waals surface area (Å²) in [5, 5.41) is 29.9. The normalized spacial score (nSPS) is 13.8. The van der Waals surface area contributed by atoms with Gasteiger partial charge in [0.2, 0.25) is 29.5 Å². The molecule has 0 aliphatic carbocycles. The highest BCUT2D eigenvalue weighted by atomic mass is 19.4. The molecule has 4 atom stereocenters. The third-order valence-electron chi connectivity index (χ3n) is 7.26. The number of fused-ring (bicyclic) bond motifs is 1. The minimum absolute atomic E-state index is 0.0620. The summed E-state index contributed by atoms with van der Waals surface area (Å²) in [7, 11) is 0. The van der Waals surface area contributed by atoms with Crippen LogP contribution in [0.15, 0.2) is 33.5 Å². The molecule has 1 aromatic heterocycles. The van der Waals surface area contributed by atoms with Gasteiger partial charge in [-0.2, -0.15) is 13.2 Å². The lowest BCUT2D eigenvalue weighted by atomic mass is 10.00. The van der Waals surface area contributed by atoms with Crippen molar-refractivity contribution in [3.8, 4) is 0 Å². The smallest absolute Gasteiger partial charge is 0.417 e. The monoisotopic (exact) mass is 727 g/mol. The molecule has 51 heavy (non-hydrogen) atoms. The number of carbonyl (C=O) groups excluding carboxylic acids is 5. The number of carboxylic acid groups (broad SMARTS) is 2. The van der Waals surface area contributed by atoms with Gasteiger partial charge in [0.1, 0.15) is 29.8 Å². The molecule has 0 aliphatic rings. The Morgan fingerprint density at radius 2 is 1.39 bits per heavy atom. The molecule has 2 aromatic rings. The molecule has 0 bridgehead atoms. The van der Waals surface area contributed by atoms with Crippen LogP contribution in [-0.4, -0.2) is 75.9 Å². The molecule has 280 valence electrons. The van der Waals surface area contributed by atoms with Crippen molar-refractivity contribution < 1.29 is 61.4 Å². The quantitative estimate of drug-likeness (QED) is 0.116. The Labute approximate surface area is 288 Å². The maximum absolute atomic E-state index is 13.4. The third-order valence-corrected chi connectivity index (χ3v) is 7.26. The van der Waals surface area contributed by atoms with E-state index in [1.54, 1.807) is 13.8 Å². The number of alkyl halides is 3. The van der Waals surface area contributed by atoms with E-state index in [0.717, 1.165) is 18.2 Å². The van der Waals surface area contributed by atoms with Gasteiger partial charge in [0.05, 0.1) is 12.0 Å². The number of benzene rings is 1. The number of anilines is 1. The van der Waals surface area contributed by atoms with Gasteiger partial charge < -0.3 is 41.2 Å². The van der Waals surface area contributed by atoms with Crippen LogP contribution in [0.2, 0.25) is 0 Å². The molecule has 7 N–H and O–H groups in total. The molecule has 0 spiro atoms. The van der Waals surface area contributed by atoms with Crippen LogP contribution < -0.4 is 32.2 Å². The van der Waals surface area contributed by atoms with E-state index in [-0.39, 0.29) is 24.1 Å². The highest BCUT2D eigenvalue weighted by Crippen LogP contribution is 2.34. The highest BCUT2D eigenvalue weighted by molar-refractivity contribution is 6.01. The van der Waals surface area contributed by atoms with Crippen molar-refractivity contribution in [2.45, 2.75) is 90.6 Å². The molecular weight excluding hydrogens is 687 g/mol. The fourth-order valence-corrected chi connectivity index (χ4v) is 4.90. The fraction of sp³-hybridized carbons (Fsp3) is 0.500. The Bertz CT molecular complexity index is 1710. The number of amides is 5. The van der Waals surface area contributed by atoms with E-state index in [1.807, 2.05) is 0 Å². The topological polar surface area (TPSA) is 250 Å². The van der Waals surface area contributed by atoms with E-state index < -0.39 is 119 Å². The van der Waals surface area contributed by atoms with Crippen LogP contribution in [-0.2, 0) is 39.7 Å². The van der Waals surface area contributed by atoms with Crippen molar-refractivity contribution in [3.05, 3.63) is 40.2 Å². The predicted molar refractivity (Wildman–Crippen MR) is 173 cm³/mol. The zero-order valence-electron chi connectivity index (χ0n) is 28.3. The van der Waals surface area contributed by atoms with Crippen LogP contribution in [0.25, 0.3) is 11.0 Å². The van der Waals surface area contributed by atoms with Crippen LogP contribution in [0, 0.1) is 11.8 Å². The Morgan fingerprint density at radius 1 is 0.784 bits per heavy atom. The first-order valence-corrected chi connectivity index (χ1v) is 15.7. The molecule has 16 nitrogen and oxygen atoms in total. The summed E-state index contributed by atoms with van der Waals surface area (Å²) in [4.78, 5) is 99.3. The van der Waals surface area contributed by atoms with E-state index in [2.05, 4.69) is 26.6 Å². The zero-order chi connectivity index (χ0) is 38.8. The predicted octanol–water partition coefficient (Wildman–Crippen LogP) is 1.75. The van der Waals surface area contributed by atoms with Crippen molar-refractivity contribution in [2.75, 3.05) is 5.32 Å². The second-order valence-electron chi connectivity index (χ2n) is 12.4. The average Bonchev–Trinajstić information content (AvgIpc) is 2.98. The molecule has 4 unspecified atom stereocenters. The summed E-state index contributed by atoms with van der Waals surface area (Å²) in [5.74, 6) is -8.07. The molecule has 1 heterocycles.